The first-order valence-electron chi connectivity index (χ1n) is 26.2. The number of aryl methyl sites for hydroxylation is 2. The summed E-state index contributed by atoms with van der Waals surface area (Å²) in [5, 5.41) is 25.4. The minimum absolute atomic E-state index is 0. The number of anilines is 4. The van der Waals surface area contributed by atoms with Gasteiger partial charge in [0.2, 0.25) is 0 Å². The number of hydrogen-bond acceptors (Lipinski definition) is 17. The molecule has 408 valence electrons. The molecule has 0 bridgehead atoms. The van der Waals surface area contributed by atoms with Crippen molar-refractivity contribution in [1.29, 1.82) is 0 Å². The number of ether oxygens (including phenoxy) is 4. The SMILES string of the molecule is C.CC(C)(C)OC(=O)CCOCCO.CCCCn1cc2c(n1)c(N)nc1cc(N3CCN(CCOCCC(=O)OC(C)(C)C)CC3)ccc12.CCCCn1cc2c(n1)c(N)nc1cc(N3CCNCC3)ccc12. The number of esters is 2. The lowest BCUT2D eigenvalue weighted by atomic mass is 10.1. The third-order valence-electron chi connectivity index (χ3n) is 12.3. The number of fused-ring (bicyclic) bond motifs is 6. The highest BCUT2D eigenvalue weighted by molar-refractivity contribution is 6.09. The van der Waals surface area contributed by atoms with Crippen LogP contribution in [-0.2, 0) is 41.6 Å². The molecule has 19 heteroatoms. The van der Waals surface area contributed by atoms with Crippen LogP contribution in [0.15, 0.2) is 48.8 Å². The van der Waals surface area contributed by atoms with Crippen LogP contribution in [0.1, 0.15) is 101 Å². The lowest BCUT2D eigenvalue weighted by Gasteiger charge is -2.36. The van der Waals surface area contributed by atoms with Crippen molar-refractivity contribution >= 4 is 78.6 Å². The fourth-order valence-electron chi connectivity index (χ4n) is 8.64. The van der Waals surface area contributed by atoms with Gasteiger partial charge in [0, 0.05) is 117 Å². The minimum Gasteiger partial charge on any atom is -0.460 e. The van der Waals surface area contributed by atoms with Gasteiger partial charge in [-0.1, -0.05) is 46.2 Å². The smallest absolute Gasteiger partial charge is 0.308 e. The zero-order valence-electron chi connectivity index (χ0n) is 44.8. The second-order valence-corrected chi connectivity index (χ2v) is 20.6. The standard InChI is InChI=1S/C27H40N6O3.C18H24N6.C9H18O4.CH4/c1-5-6-10-33-19-22-21-8-7-20(18-23(21)29-26(28)25(22)30-33)32-13-11-31(12-14-32)15-17-35-16-9-24(34)36-27(2,3)4;1-2-3-8-24-12-15-14-5-4-13(23-9-6-20-7-10-23)11-16(14)21-18(19)17(15)22-24;1-9(2,3)13-8(11)4-6-12-7-5-10;/h7-8,18-19H,5-6,9-17H2,1-4H3,(H2,28,29);4-5,11-12,20H,2-3,6-10H2,1H3,(H2,19,21);10H,4-7H2,1-3H3;1H4. The maximum absolute atomic E-state index is 11.8. The molecule has 2 saturated heterocycles. The molecular formula is C55H86N12O7. The number of carbonyl (C=O) groups excluding carboxylic acids is 2. The summed E-state index contributed by atoms with van der Waals surface area (Å²) in [5.41, 5.74) is 17.4. The molecule has 0 unspecified atom stereocenters. The van der Waals surface area contributed by atoms with Gasteiger partial charge in [0.15, 0.2) is 11.6 Å². The highest BCUT2D eigenvalue weighted by Crippen LogP contribution is 2.32. The highest BCUT2D eigenvalue weighted by atomic mass is 16.6. The Morgan fingerprint density at radius 1 is 0.622 bits per heavy atom. The zero-order chi connectivity index (χ0) is 52.5. The van der Waals surface area contributed by atoms with Crippen molar-refractivity contribution in [1.82, 2.24) is 39.7 Å². The first-order valence-corrected chi connectivity index (χ1v) is 26.2. The van der Waals surface area contributed by atoms with E-state index in [1.165, 1.54) is 11.4 Å². The van der Waals surface area contributed by atoms with Gasteiger partial charge >= 0.3 is 11.9 Å². The molecule has 6 heterocycles. The Morgan fingerprint density at radius 2 is 1.07 bits per heavy atom. The van der Waals surface area contributed by atoms with E-state index in [0.29, 0.717) is 31.5 Å². The van der Waals surface area contributed by atoms with Crippen LogP contribution in [0, 0.1) is 0 Å². The Morgan fingerprint density at radius 3 is 1.50 bits per heavy atom. The topological polar surface area (TPSA) is 227 Å². The Balaban J connectivity index is 0.000000229. The summed E-state index contributed by atoms with van der Waals surface area (Å²) < 4.78 is 24.9. The summed E-state index contributed by atoms with van der Waals surface area (Å²) in [7, 11) is 0. The number of nitrogens with two attached hydrogens (primary N) is 2. The molecule has 19 nitrogen and oxygen atoms in total. The number of nitrogens with one attached hydrogen (secondary N) is 1. The summed E-state index contributed by atoms with van der Waals surface area (Å²) in [4.78, 5) is 39.3. The average molecular weight is 1030 g/mol. The summed E-state index contributed by atoms with van der Waals surface area (Å²) in [5.74, 6) is 0.519. The van der Waals surface area contributed by atoms with Crippen molar-refractivity contribution in [3.05, 3.63) is 48.8 Å². The fourth-order valence-corrected chi connectivity index (χ4v) is 8.64. The molecule has 8 rings (SSSR count). The highest BCUT2D eigenvalue weighted by Gasteiger charge is 2.21. The van der Waals surface area contributed by atoms with Crippen molar-refractivity contribution in [3.8, 4) is 0 Å². The van der Waals surface area contributed by atoms with Crippen LogP contribution in [0.4, 0.5) is 23.0 Å². The minimum atomic E-state index is -0.450. The van der Waals surface area contributed by atoms with Gasteiger partial charge in [-0.3, -0.25) is 23.9 Å². The molecule has 2 aliphatic heterocycles. The number of piperazine rings is 2. The molecule has 0 radical (unpaired) electrons. The number of nitrogens with zero attached hydrogens (tertiary/aromatic N) is 9. The number of rotatable bonds is 19. The molecule has 6 N–H and O–H groups in total. The molecule has 0 atom stereocenters. The van der Waals surface area contributed by atoms with E-state index in [1.807, 2.05) is 50.9 Å². The first-order chi connectivity index (χ1) is 34.9. The molecule has 2 aromatic carbocycles. The average Bonchev–Trinajstić information content (AvgIpc) is 4.00. The maximum Gasteiger partial charge on any atom is 0.308 e. The van der Waals surface area contributed by atoms with E-state index in [0.717, 1.165) is 141 Å². The lowest BCUT2D eigenvalue weighted by molar-refractivity contribution is -0.157. The van der Waals surface area contributed by atoms with Crippen LogP contribution in [0.2, 0.25) is 0 Å². The summed E-state index contributed by atoms with van der Waals surface area (Å²) >= 11 is 0. The van der Waals surface area contributed by atoms with Gasteiger partial charge in [-0.05, 0) is 78.6 Å². The van der Waals surface area contributed by atoms with E-state index in [2.05, 4.69) is 103 Å². The second-order valence-electron chi connectivity index (χ2n) is 20.6. The number of unbranched alkanes of at least 4 members (excludes halogenated alkanes) is 2. The Hall–Kier alpha value is -5.86. The van der Waals surface area contributed by atoms with Crippen LogP contribution in [-0.4, -0.2) is 155 Å². The van der Waals surface area contributed by atoms with Crippen molar-refractivity contribution in [2.75, 3.05) is 113 Å². The lowest BCUT2D eigenvalue weighted by Crippen LogP contribution is -2.47. The number of hydrogen-bond donors (Lipinski definition) is 4. The van der Waals surface area contributed by atoms with Crippen molar-refractivity contribution in [2.45, 2.75) is 126 Å². The van der Waals surface area contributed by atoms with Gasteiger partial charge in [0.1, 0.15) is 22.2 Å². The fraction of sp³-hybridized carbons (Fsp3) is 0.600. The van der Waals surface area contributed by atoms with Crippen LogP contribution in [0.3, 0.4) is 0 Å². The number of nitrogen functional groups attached to an aromatic ring is 2. The van der Waals surface area contributed by atoms with Gasteiger partial charge < -0.3 is 50.6 Å². The third kappa shape index (κ3) is 17.6. The van der Waals surface area contributed by atoms with E-state index < -0.39 is 11.2 Å². The molecule has 6 aromatic rings. The summed E-state index contributed by atoms with van der Waals surface area (Å²) in [6.07, 6.45) is 9.21. The Kier molecular flexibility index (Phi) is 22.5. The van der Waals surface area contributed by atoms with Crippen molar-refractivity contribution in [3.63, 3.8) is 0 Å². The Bertz CT molecular complexity index is 2700. The van der Waals surface area contributed by atoms with E-state index in [4.69, 9.17) is 35.5 Å². The number of aliphatic hydroxyl groups excluding tert-OH is 1. The van der Waals surface area contributed by atoms with Crippen molar-refractivity contribution < 1.29 is 33.6 Å². The monoisotopic (exact) mass is 1030 g/mol. The molecule has 0 amide bonds. The molecule has 2 aliphatic rings. The number of benzene rings is 2. The number of pyridine rings is 2. The predicted molar refractivity (Wildman–Crippen MR) is 299 cm³/mol. The molecule has 4 aromatic heterocycles. The van der Waals surface area contributed by atoms with Gasteiger partial charge in [-0.2, -0.15) is 10.2 Å². The van der Waals surface area contributed by atoms with E-state index in [-0.39, 0.29) is 45.4 Å². The summed E-state index contributed by atoms with van der Waals surface area (Å²) in [6, 6.07) is 13.0. The third-order valence-corrected chi connectivity index (χ3v) is 12.3. The zero-order valence-corrected chi connectivity index (χ0v) is 44.8. The van der Waals surface area contributed by atoms with Gasteiger partial charge in [-0.15, -0.1) is 0 Å². The molecule has 74 heavy (non-hydrogen) atoms. The normalized spacial score (nSPS) is 14.4. The molecule has 0 saturated carbocycles. The first kappa shape index (κ1) is 59.0. The molecule has 2 fully saturated rings. The number of carbonyl (C=O) groups is 2. The van der Waals surface area contributed by atoms with E-state index >= 15 is 0 Å². The van der Waals surface area contributed by atoms with Gasteiger partial charge in [0.05, 0.1) is 56.9 Å². The quantitative estimate of drug-likeness (QED) is 0.0453. The van der Waals surface area contributed by atoms with E-state index in [1.54, 1.807) is 0 Å². The molecular weight excluding hydrogens is 941 g/mol. The predicted octanol–water partition coefficient (Wildman–Crippen LogP) is 7.58. The second kappa shape index (κ2) is 28.2. The largest absolute Gasteiger partial charge is 0.460 e. The van der Waals surface area contributed by atoms with Crippen LogP contribution in [0.5, 0.6) is 0 Å². The van der Waals surface area contributed by atoms with Crippen LogP contribution >= 0.6 is 0 Å². The Labute approximate surface area is 438 Å². The number of aliphatic hydroxyl groups is 1. The maximum atomic E-state index is 11.8. The van der Waals surface area contributed by atoms with Crippen LogP contribution < -0.4 is 26.6 Å². The molecule has 0 spiro atoms. The van der Waals surface area contributed by atoms with E-state index in [9.17, 15) is 9.59 Å². The van der Waals surface area contributed by atoms with Gasteiger partial charge in [0.25, 0.3) is 0 Å². The van der Waals surface area contributed by atoms with Crippen LogP contribution in [0.25, 0.3) is 43.6 Å². The van der Waals surface area contributed by atoms with Gasteiger partial charge in [-0.25, -0.2) is 9.97 Å². The molecule has 0 aliphatic carbocycles. The van der Waals surface area contributed by atoms with Crippen molar-refractivity contribution in [2.24, 2.45) is 0 Å². The summed E-state index contributed by atoms with van der Waals surface area (Å²) in [6.45, 7) is 27.6. The number of aromatic nitrogens is 6.